The summed E-state index contributed by atoms with van der Waals surface area (Å²) in [5.74, 6) is 2.94. The summed E-state index contributed by atoms with van der Waals surface area (Å²) in [5.41, 5.74) is 6.49. The first-order valence-corrected chi connectivity index (χ1v) is 11.5. The summed E-state index contributed by atoms with van der Waals surface area (Å²) in [4.78, 5) is 0. The SMILES string of the molecule is c1ccc([C@@]23COc4ccccc4C2[C@@H]2c4ccccc4OCC2c2ccccc23)cc1. The molecule has 0 N–H and O–H groups in total. The number of hydrogen-bond acceptors (Lipinski definition) is 2. The lowest BCUT2D eigenvalue weighted by molar-refractivity contribution is 0.125. The summed E-state index contributed by atoms with van der Waals surface area (Å²) in [6.07, 6.45) is 0. The molecule has 2 heterocycles. The number of ether oxygens (including phenoxy) is 2. The number of benzene rings is 4. The molecule has 0 radical (unpaired) electrons. The maximum atomic E-state index is 6.54. The fraction of sp³-hybridized carbons (Fsp3) is 0.200. The Bertz CT molecular complexity index is 1310. The smallest absolute Gasteiger partial charge is 0.122 e. The van der Waals surface area contributed by atoms with Gasteiger partial charge in [0.1, 0.15) is 18.1 Å². The Balaban J connectivity index is 1.61. The van der Waals surface area contributed by atoms with Gasteiger partial charge in [-0.05, 0) is 39.9 Å². The van der Waals surface area contributed by atoms with Gasteiger partial charge in [-0.2, -0.15) is 0 Å². The summed E-state index contributed by atoms with van der Waals surface area (Å²) in [7, 11) is 0. The van der Waals surface area contributed by atoms with Gasteiger partial charge in [0.2, 0.25) is 0 Å². The van der Waals surface area contributed by atoms with E-state index in [-0.39, 0.29) is 11.3 Å². The lowest BCUT2D eigenvalue weighted by Gasteiger charge is -2.56. The molecule has 7 rings (SSSR count). The van der Waals surface area contributed by atoms with Gasteiger partial charge < -0.3 is 9.47 Å². The van der Waals surface area contributed by atoms with Crippen LogP contribution in [0.1, 0.15) is 45.6 Å². The lowest BCUT2D eigenvalue weighted by atomic mass is 9.50. The zero-order valence-electron chi connectivity index (χ0n) is 17.8. The van der Waals surface area contributed by atoms with E-state index in [1.165, 1.54) is 27.8 Å². The van der Waals surface area contributed by atoms with E-state index in [4.69, 9.17) is 9.47 Å². The van der Waals surface area contributed by atoms with E-state index in [0.717, 1.165) is 11.5 Å². The van der Waals surface area contributed by atoms with Crippen LogP contribution in [0.4, 0.5) is 0 Å². The Morgan fingerprint density at radius 2 is 1.22 bits per heavy atom. The molecule has 0 aromatic heterocycles. The largest absolute Gasteiger partial charge is 0.493 e. The summed E-state index contributed by atoms with van der Waals surface area (Å²) in [5, 5.41) is 0. The highest BCUT2D eigenvalue weighted by Crippen LogP contribution is 2.65. The summed E-state index contributed by atoms with van der Waals surface area (Å²) in [6.45, 7) is 1.35. The van der Waals surface area contributed by atoms with Crippen LogP contribution in [-0.2, 0) is 5.41 Å². The van der Waals surface area contributed by atoms with Crippen LogP contribution < -0.4 is 9.47 Å². The first-order valence-electron chi connectivity index (χ1n) is 11.5. The Labute approximate surface area is 188 Å². The molecule has 2 unspecified atom stereocenters. The molecule has 0 saturated heterocycles. The first-order chi connectivity index (χ1) is 15.9. The normalized spacial score (nSPS) is 26.8. The molecule has 0 spiro atoms. The van der Waals surface area contributed by atoms with Crippen molar-refractivity contribution in [2.45, 2.75) is 23.2 Å². The van der Waals surface area contributed by atoms with Crippen molar-refractivity contribution in [2.75, 3.05) is 13.2 Å². The minimum atomic E-state index is -0.252. The van der Waals surface area contributed by atoms with Crippen molar-refractivity contribution < 1.29 is 9.47 Å². The van der Waals surface area contributed by atoms with Gasteiger partial charge in [-0.3, -0.25) is 0 Å². The summed E-state index contributed by atoms with van der Waals surface area (Å²) in [6, 6.07) is 37.3. The summed E-state index contributed by atoms with van der Waals surface area (Å²) >= 11 is 0. The highest BCUT2D eigenvalue weighted by atomic mass is 16.5. The highest BCUT2D eigenvalue weighted by molar-refractivity contribution is 5.61. The third-order valence-corrected chi connectivity index (χ3v) is 7.86. The molecule has 2 nitrogen and oxygen atoms in total. The Morgan fingerprint density at radius 1 is 0.594 bits per heavy atom. The molecule has 32 heavy (non-hydrogen) atoms. The van der Waals surface area contributed by atoms with Gasteiger partial charge in [0, 0.05) is 17.8 Å². The molecule has 0 bridgehead atoms. The van der Waals surface area contributed by atoms with Gasteiger partial charge >= 0.3 is 0 Å². The van der Waals surface area contributed by atoms with Crippen LogP contribution in [0.3, 0.4) is 0 Å². The van der Waals surface area contributed by atoms with Crippen molar-refractivity contribution in [1.82, 2.24) is 0 Å². The van der Waals surface area contributed by atoms with E-state index in [2.05, 4.69) is 103 Å². The van der Waals surface area contributed by atoms with Crippen LogP contribution in [0.15, 0.2) is 103 Å². The predicted molar refractivity (Wildman–Crippen MR) is 126 cm³/mol. The van der Waals surface area contributed by atoms with Crippen LogP contribution in [0.25, 0.3) is 0 Å². The second kappa shape index (κ2) is 6.74. The van der Waals surface area contributed by atoms with Gasteiger partial charge in [-0.1, -0.05) is 91.0 Å². The van der Waals surface area contributed by atoms with Crippen molar-refractivity contribution in [3.8, 4) is 11.5 Å². The molecule has 0 fully saturated rings. The van der Waals surface area contributed by atoms with Gasteiger partial charge in [-0.15, -0.1) is 0 Å². The van der Waals surface area contributed by atoms with E-state index >= 15 is 0 Å². The third-order valence-electron chi connectivity index (χ3n) is 7.86. The first kappa shape index (κ1) is 18.1. The zero-order chi connectivity index (χ0) is 21.1. The number of para-hydroxylation sites is 2. The van der Waals surface area contributed by atoms with Crippen molar-refractivity contribution >= 4 is 0 Å². The fourth-order valence-corrected chi connectivity index (χ4v) is 6.62. The molecular formula is C30H24O2. The summed E-state index contributed by atoms with van der Waals surface area (Å²) < 4.78 is 12.9. The second-order valence-corrected chi connectivity index (χ2v) is 9.21. The quantitative estimate of drug-likeness (QED) is 0.356. The molecule has 156 valence electrons. The van der Waals surface area contributed by atoms with Gasteiger partial charge in [-0.25, -0.2) is 0 Å². The van der Waals surface area contributed by atoms with Crippen molar-refractivity contribution in [3.63, 3.8) is 0 Å². The highest BCUT2D eigenvalue weighted by Gasteiger charge is 2.58. The predicted octanol–water partition coefficient (Wildman–Crippen LogP) is 6.42. The van der Waals surface area contributed by atoms with Gasteiger partial charge in [0.25, 0.3) is 0 Å². The standard InChI is InChI=1S/C30H24O2/c1-2-10-20(11-3-1)30-19-32-27-17-9-6-14-23(27)29(30)28-22-13-5-8-16-26(22)31-18-24(28)21-12-4-7-15-25(21)30/h1-17,24,28-29H,18-19H2/t24?,28-,29?,30-/m1/s1. The molecule has 2 heteroatoms. The Hall–Kier alpha value is -3.52. The Morgan fingerprint density at radius 3 is 2.03 bits per heavy atom. The van der Waals surface area contributed by atoms with Crippen molar-refractivity contribution in [2.24, 2.45) is 0 Å². The van der Waals surface area contributed by atoms with Crippen LogP contribution in [0.2, 0.25) is 0 Å². The third kappa shape index (κ3) is 2.30. The van der Waals surface area contributed by atoms with Gasteiger partial charge in [0.15, 0.2) is 0 Å². The maximum absolute atomic E-state index is 6.54. The zero-order valence-corrected chi connectivity index (χ0v) is 17.8. The van der Waals surface area contributed by atoms with E-state index in [1.807, 2.05) is 0 Å². The number of fused-ring (bicyclic) bond motifs is 10. The molecule has 0 saturated carbocycles. The van der Waals surface area contributed by atoms with Crippen molar-refractivity contribution in [3.05, 3.63) is 131 Å². The number of hydrogen-bond donors (Lipinski definition) is 0. The van der Waals surface area contributed by atoms with Crippen LogP contribution in [-0.4, -0.2) is 13.2 Å². The van der Waals surface area contributed by atoms with Crippen LogP contribution >= 0.6 is 0 Å². The molecule has 3 aliphatic rings. The lowest BCUT2D eigenvalue weighted by Crippen LogP contribution is -2.52. The fourth-order valence-electron chi connectivity index (χ4n) is 6.62. The molecule has 2 aliphatic heterocycles. The van der Waals surface area contributed by atoms with Crippen LogP contribution in [0.5, 0.6) is 11.5 Å². The molecule has 1 aliphatic carbocycles. The van der Waals surface area contributed by atoms with Crippen molar-refractivity contribution in [1.29, 1.82) is 0 Å². The monoisotopic (exact) mass is 416 g/mol. The topological polar surface area (TPSA) is 18.5 Å². The van der Waals surface area contributed by atoms with Gasteiger partial charge in [0.05, 0.1) is 12.0 Å². The van der Waals surface area contributed by atoms with E-state index in [1.54, 1.807) is 0 Å². The molecule has 4 aromatic rings. The molecule has 0 amide bonds. The van der Waals surface area contributed by atoms with E-state index in [0.29, 0.717) is 25.0 Å². The number of rotatable bonds is 1. The molecule has 4 atom stereocenters. The Kier molecular flexibility index (Phi) is 3.81. The average Bonchev–Trinajstić information content (AvgIpc) is 2.88. The van der Waals surface area contributed by atoms with Crippen LogP contribution in [0, 0.1) is 0 Å². The second-order valence-electron chi connectivity index (χ2n) is 9.21. The maximum Gasteiger partial charge on any atom is 0.122 e. The average molecular weight is 417 g/mol. The molecular weight excluding hydrogens is 392 g/mol. The van der Waals surface area contributed by atoms with E-state index in [9.17, 15) is 0 Å². The minimum absolute atomic E-state index is 0.252. The van der Waals surface area contributed by atoms with E-state index < -0.39 is 0 Å². The minimum Gasteiger partial charge on any atom is -0.493 e. The molecule has 4 aromatic carbocycles.